The van der Waals surface area contributed by atoms with Crippen LogP contribution in [0.5, 0.6) is 5.75 Å². The molecule has 1 heterocycles. The zero-order chi connectivity index (χ0) is 37.8. The number of halogens is 2. The molecule has 1 aromatic carbocycles. The van der Waals surface area contributed by atoms with Gasteiger partial charge < -0.3 is 30.9 Å². The van der Waals surface area contributed by atoms with Crippen LogP contribution in [0.15, 0.2) is 30.3 Å². The molecule has 0 bridgehead atoms. The van der Waals surface area contributed by atoms with Gasteiger partial charge >= 0.3 is 6.03 Å². The van der Waals surface area contributed by atoms with Crippen molar-refractivity contribution in [3.8, 4) is 5.75 Å². The summed E-state index contributed by atoms with van der Waals surface area (Å²) in [5.41, 5.74) is -1.71. The van der Waals surface area contributed by atoms with Crippen molar-refractivity contribution in [1.82, 2.24) is 30.9 Å². The fourth-order valence-corrected chi connectivity index (χ4v) is 6.89. The largest absolute Gasteiger partial charge is 0.492 e. The third-order valence-electron chi connectivity index (χ3n) is 9.51. The Hall–Kier alpha value is -3.53. The Labute approximate surface area is 294 Å². The van der Waals surface area contributed by atoms with Gasteiger partial charge in [-0.05, 0) is 40.2 Å². The smallest absolute Gasteiger partial charge is 0.315 e. The van der Waals surface area contributed by atoms with Crippen molar-refractivity contribution >= 4 is 33.8 Å². The number of nitrogens with zero attached hydrogens (tertiary/aromatic N) is 1. The number of ether oxygens (including phenoxy) is 1. The van der Waals surface area contributed by atoms with Crippen LogP contribution in [-0.4, -0.2) is 100 Å². The van der Waals surface area contributed by atoms with E-state index in [1.165, 1.54) is 4.90 Å². The van der Waals surface area contributed by atoms with E-state index in [0.717, 1.165) is 6.26 Å². The predicted octanol–water partition coefficient (Wildman–Crippen LogP) is 2.48. The minimum absolute atomic E-state index is 0.0104. The highest BCUT2D eigenvalue weighted by molar-refractivity contribution is 7.88. The summed E-state index contributed by atoms with van der Waals surface area (Å²) < 4.78 is 58.7. The molecular weight excluding hydrogens is 674 g/mol. The minimum atomic E-state index is -3.54. The Morgan fingerprint density at radius 3 is 2.14 bits per heavy atom. The van der Waals surface area contributed by atoms with Crippen molar-refractivity contribution in [1.29, 1.82) is 0 Å². The first-order valence-corrected chi connectivity index (χ1v) is 18.7. The van der Waals surface area contributed by atoms with Crippen LogP contribution >= 0.6 is 0 Å². The molecule has 50 heavy (non-hydrogen) atoms. The first-order chi connectivity index (χ1) is 22.9. The lowest BCUT2D eigenvalue weighted by atomic mass is 9.85. The van der Waals surface area contributed by atoms with Crippen LogP contribution < -0.4 is 30.7 Å². The van der Waals surface area contributed by atoms with Gasteiger partial charge in [0, 0.05) is 25.6 Å². The number of rotatable bonds is 15. The van der Waals surface area contributed by atoms with Crippen molar-refractivity contribution in [2.75, 3.05) is 32.5 Å². The fraction of sp³-hybridized carbons (Fsp3) is 0.706. The number of benzene rings is 1. The summed E-state index contributed by atoms with van der Waals surface area (Å²) in [6.45, 7) is 14.9. The van der Waals surface area contributed by atoms with Gasteiger partial charge in [-0.2, -0.15) is 0 Å². The first kappa shape index (κ1) is 40.9. The molecule has 2 fully saturated rings. The van der Waals surface area contributed by atoms with E-state index in [0.29, 0.717) is 5.75 Å². The number of carbonyl (C=O) groups excluding carboxylic acids is 4. The number of likely N-dealkylation sites (tertiary alicyclic amines) is 1. The Morgan fingerprint density at radius 1 is 0.980 bits per heavy atom. The summed E-state index contributed by atoms with van der Waals surface area (Å²) in [6, 6.07) is 3.76. The number of piperidine rings is 1. The summed E-state index contributed by atoms with van der Waals surface area (Å²) in [6.07, 6.45) is -2.81. The molecule has 13 nitrogen and oxygen atoms in total. The SMILES string of the molecule is CC(C)(C)[C@H](NC(=O)N[C@H](CNS(C)(=O)=O)C(C)(C)C)C(=O)N1C[C@H]2[C@@H]([C@H]1C(=O)N[C@@H](CC(F)F)C(=O)NCCOc1ccccc1)C2(C)C. The van der Waals surface area contributed by atoms with Crippen LogP contribution in [0.2, 0.25) is 0 Å². The lowest BCUT2D eigenvalue weighted by molar-refractivity contribution is -0.144. The van der Waals surface area contributed by atoms with Gasteiger partial charge in [-0.1, -0.05) is 73.6 Å². The number of carbonyl (C=O) groups is 4. The first-order valence-electron chi connectivity index (χ1n) is 16.8. The molecule has 282 valence electrons. The number of amides is 5. The molecular formula is C34H54F2N6O7S. The summed E-state index contributed by atoms with van der Waals surface area (Å²) in [5, 5.41) is 10.6. The normalized spacial score (nSPS) is 21.8. The van der Waals surface area contributed by atoms with E-state index in [2.05, 4.69) is 26.0 Å². The highest BCUT2D eigenvalue weighted by Crippen LogP contribution is 2.65. The molecule has 0 spiro atoms. The summed E-state index contributed by atoms with van der Waals surface area (Å²) in [5.74, 6) is -1.84. The van der Waals surface area contributed by atoms with Crippen molar-refractivity contribution in [3.05, 3.63) is 30.3 Å². The molecule has 0 unspecified atom stereocenters. The predicted molar refractivity (Wildman–Crippen MR) is 185 cm³/mol. The van der Waals surface area contributed by atoms with Gasteiger partial charge in [0.25, 0.3) is 0 Å². The van der Waals surface area contributed by atoms with Crippen molar-refractivity contribution in [3.63, 3.8) is 0 Å². The van der Waals surface area contributed by atoms with Crippen molar-refractivity contribution < 1.29 is 41.1 Å². The van der Waals surface area contributed by atoms with Gasteiger partial charge in [0.15, 0.2) is 0 Å². The van der Waals surface area contributed by atoms with E-state index in [1.807, 2.05) is 40.7 Å². The van der Waals surface area contributed by atoms with E-state index in [1.54, 1.807) is 45.0 Å². The van der Waals surface area contributed by atoms with Crippen molar-refractivity contribution in [2.24, 2.45) is 28.1 Å². The second-order valence-corrected chi connectivity index (χ2v) is 17.8. The molecule has 3 rings (SSSR count). The molecule has 1 saturated carbocycles. The molecule has 5 N–H and O–H groups in total. The quantitative estimate of drug-likeness (QED) is 0.173. The number of hydrogen-bond acceptors (Lipinski definition) is 7. The van der Waals surface area contributed by atoms with E-state index in [-0.39, 0.29) is 43.5 Å². The van der Waals surface area contributed by atoms with Gasteiger partial charge in [-0.15, -0.1) is 0 Å². The molecule has 0 radical (unpaired) electrons. The molecule has 1 saturated heterocycles. The van der Waals surface area contributed by atoms with Crippen LogP contribution in [0.1, 0.15) is 61.8 Å². The van der Waals surface area contributed by atoms with E-state index >= 15 is 0 Å². The minimum Gasteiger partial charge on any atom is -0.492 e. The van der Waals surface area contributed by atoms with Crippen LogP contribution in [-0.2, 0) is 24.4 Å². The molecule has 5 amide bonds. The van der Waals surface area contributed by atoms with Gasteiger partial charge in [-0.3, -0.25) is 14.4 Å². The summed E-state index contributed by atoms with van der Waals surface area (Å²) >= 11 is 0. The standard InChI is InChI=1S/C34H54F2N6O7S/c1-32(2,3)23(18-38-50(9,47)48)40-31(46)41-27(33(4,5)6)30(45)42-19-21-25(34(21,7)8)26(42)29(44)39-22(17-24(35)36)28(43)37-15-16-49-20-13-11-10-12-14-20/h10-14,21-27,38H,15-19H2,1-9H3,(H,37,43)(H,39,44)(H2,40,41,46)/t21-,22-,23+,25-,26-,27+/m0/s1. The van der Waals surface area contributed by atoms with Crippen LogP contribution in [0.25, 0.3) is 0 Å². The average Bonchev–Trinajstić information content (AvgIpc) is 3.30. The molecule has 6 atom stereocenters. The maximum Gasteiger partial charge on any atom is 0.315 e. The number of urea groups is 1. The number of hydrogen-bond donors (Lipinski definition) is 5. The molecule has 2 aliphatic rings. The van der Waals surface area contributed by atoms with Crippen LogP contribution in [0.3, 0.4) is 0 Å². The van der Waals surface area contributed by atoms with Crippen molar-refractivity contribution in [2.45, 2.75) is 92.4 Å². The molecule has 16 heteroatoms. The number of sulfonamides is 1. The van der Waals surface area contributed by atoms with Gasteiger partial charge in [0.05, 0.1) is 12.8 Å². The van der Waals surface area contributed by atoms with Crippen LogP contribution in [0.4, 0.5) is 13.6 Å². The maximum absolute atomic E-state index is 14.2. The zero-order valence-corrected chi connectivity index (χ0v) is 31.2. The summed E-state index contributed by atoms with van der Waals surface area (Å²) in [4.78, 5) is 55.9. The van der Waals surface area contributed by atoms with E-state index in [9.17, 15) is 36.4 Å². The van der Waals surface area contributed by atoms with E-state index in [4.69, 9.17) is 4.74 Å². The lowest BCUT2D eigenvalue weighted by Gasteiger charge is -2.38. The number of fused-ring (bicyclic) bond motifs is 1. The molecule has 1 aliphatic heterocycles. The number of nitrogens with one attached hydrogen (secondary N) is 5. The Bertz CT molecular complexity index is 1480. The zero-order valence-electron chi connectivity index (χ0n) is 30.4. The number of para-hydroxylation sites is 1. The van der Waals surface area contributed by atoms with Gasteiger partial charge in [0.2, 0.25) is 34.2 Å². The Kier molecular flexibility index (Phi) is 12.9. The third kappa shape index (κ3) is 11.0. The Balaban J connectivity index is 1.76. The fourth-order valence-electron chi connectivity index (χ4n) is 6.42. The second kappa shape index (κ2) is 15.8. The topological polar surface area (TPSA) is 175 Å². The molecule has 1 aromatic rings. The third-order valence-corrected chi connectivity index (χ3v) is 10.2. The van der Waals surface area contributed by atoms with Gasteiger partial charge in [0.1, 0.15) is 30.5 Å². The Morgan fingerprint density at radius 2 is 1.60 bits per heavy atom. The summed E-state index contributed by atoms with van der Waals surface area (Å²) in [7, 11) is -3.54. The monoisotopic (exact) mass is 728 g/mol. The maximum atomic E-state index is 14.2. The molecule has 1 aliphatic carbocycles. The van der Waals surface area contributed by atoms with Crippen LogP contribution in [0, 0.1) is 28.1 Å². The van der Waals surface area contributed by atoms with E-state index < -0.39 is 81.6 Å². The second-order valence-electron chi connectivity index (χ2n) is 16.0. The lowest BCUT2D eigenvalue weighted by Crippen LogP contribution is -2.62. The highest BCUT2D eigenvalue weighted by Gasteiger charge is 2.70. The highest BCUT2D eigenvalue weighted by atomic mass is 32.2. The average molecular weight is 729 g/mol. The number of alkyl halides is 2. The molecule has 0 aromatic heterocycles. The van der Waals surface area contributed by atoms with Gasteiger partial charge in [-0.25, -0.2) is 26.7 Å².